The molecule has 0 unspecified atom stereocenters. The van der Waals surface area contributed by atoms with Gasteiger partial charge in [0.25, 0.3) is 5.24 Å². The molecule has 0 aliphatic carbocycles. The Morgan fingerprint density at radius 3 is 2.42 bits per heavy atom. The summed E-state index contributed by atoms with van der Waals surface area (Å²) in [5.41, 5.74) is 1.67. The molecule has 1 aliphatic heterocycles. The Hall–Kier alpha value is -3.17. The van der Waals surface area contributed by atoms with Crippen molar-refractivity contribution >= 4 is 57.8 Å². The summed E-state index contributed by atoms with van der Waals surface area (Å²) in [6, 6.07) is 13.6. The lowest BCUT2D eigenvalue weighted by atomic mass is 10.1. The van der Waals surface area contributed by atoms with E-state index in [-0.39, 0.29) is 16.7 Å². The zero-order valence-corrected chi connectivity index (χ0v) is 19.7. The number of thiocarbonyl (C=S) groups is 1. The molecule has 1 fully saturated rings. The average molecular weight is 485 g/mol. The van der Waals surface area contributed by atoms with Gasteiger partial charge in [0.15, 0.2) is 0 Å². The maximum atomic E-state index is 12.4. The van der Waals surface area contributed by atoms with Crippen molar-refractivity contribution in [2.45, 2.75) is 25.7 Å². The zero-order valence-electron chi connectivity index (χ0n) is 18.1. The first-order chi connectivity index (χ1) is 15.9. The minimum atomic E-state index is -1.01. The van der Waals surface area contributed by atoms with Crippen LogP contribution in [0.3, 0.4) is 0 Å². The van der Waals surface area contributed by atoms with Gasteiger partial charge in [0, 0.05) is 18.7 Å². The fourth-order valence-corrected chi connectivity index (χ4v) is 4.49. The Labute approximate surface area is 201 Å². The molecule has 9 heteroatoms. The highest BCUT2D eigenvalue weighted by Gasteiger charge is 2.31. The lowest BCUT2D eigenvalue weighted by Crippen LogP contribution is -2.28. The first-order valence-electron chi connectivity index (χ1n) is 10.4. The predicted molar refractivity (Wildman–Crippen MR) is 134 cm³/mol. The summed E-state index contributed by atoms with van der Waals surface area (Å²) in [7, 11) is 1.61. The van der Waals surface area contributed by atoms with E-state index in [1.54, 1.807) is 24.1 Å². The molecular formula is C24H24N2O5S2. The molecule has 1 heterocycles. The average Bonchev–Trinajstić information content (AvgIpc) is 3.07. The standard InChI is InChI=1S/C24H24N2O5S2/c1-31-19-12-6-16(7-13-19)15-20-22(32)26(24(30)33-20)14-4-2-3-5-21(27)25-18-10-8-17(9-11-18)23(28)29/h6-13,15H,2-5,14H2,1H3,(H,25,27)(H,28,29)/b20-15-. The van der Waals surface area contributed by atoms with Crippen molar-refractivity contribution in [3.05, 3.63) is 64.6 Å². The van der Waals surface area contributed by atoms with Gasteiger partial charge in [-0.1, -0.05) is 30.8 Å². The lowest BCUT2D eigenvalue weighted by Gasteiger charge is -2.14. The van der Waals surface area contributed by atoms with Gasteiger partial charge in [-0.25, -0.2) is 4.79 Å². The van der Waals surface area contributed by atoms with E-state index in [0.29, 0.717) is 30.1 Å². The molecule has 0 aromatic heterocycles. The third-order valence-corrected chi connectivity index (χ3v) is 6.48. The minimum Gasteiger partial charge on any atom is -0.497 e. The van der Waals surface area contributed by atoms with Gasteiger partial charge in [-0.3, -0.25) is 14.5 Å². The molecule has 2 aromatic rings. The van der Waals surface area contributed by atoms with E-state index in [4.69, 9.17) is 22.1 Å². The van der Waals surface area contributed by atoms with Crippen molar-refractivity contribution < 1.29 is 24.2 Å². The van der Waals surface area contributed by atoms with Crippen molar-refractivity contribution in [1.82, 2.24) is 4.90 Å². The largest absolute Gasteiger partial charge is 0.497 e. The van der Waals surface area contributed by atoms with Crippen LogP contribution < -0.4 is 10.1 Å². The number of nitrogens with zero attached hydrogens (tertiary/aromatic N) is 1. The van der Waals surface area contributed by atoms with E-state index in [9.17, 15) is 14.4 Å². The normalized spacial score (nSPS) is 14.6. The molecule has 0 atom stereocenters. The highest BCUT2D eigenvalue weighted by molar-refractivity contribution is 8.19. The number of thioether (sulfide) groups is 1. The smallest absolute Gasteiger partial charge is 0.335 e. The van der Waals surface area contributed by atoms with Gasteiger partial charge < -0.3 is 15.2 Å². The Bertz CT molecular complexity index is 1070. The number of rotatable bonds is 10. The van der Waals surface area contributed by atoms with Crippen LogP contribution in [0.25, 0.3) is 6.08 Å². The third kappa shape index (κ3) is 6.90. The summed E-state index contributed by atoms with van der Waals surface area (Å²) in [5, 5.41) is 11.6. The summed E-state index contributed by atoms with van der Waals surface area (Å²) in [6.45, 7) is 0.517. The third-order valence-electron chi connectivity index (χ3n) is 4.99. The molecule has 2 N–H and O–H groups in total. The van der Waals surface area contributed by atoms with Gasteiger partial charge in [0.1, 0.15) is 10.7 Å². The Morgan fingerprint density at radius 2 is 1.79 bits per heavy atom. The van der Waals surface area contributed by atoms with Crippen molar-refractivity contribution in [3.63, 3.8) is 0 Å². The molecule has 33 heavy (non-hydrogen) atoms. The van der Waals surface area contributed by atoms with E-state index >= 15 is 0 Å². The van der Waals surface area contributed by atoms with Crippen molar-refractivity contribution in [2.75, 3.05) is 19.0 Å². The number of aromatic carboxylic acids is 1. The minimum absolute atomic E-state index is 0.0812. The number of nitrogens with one attached hydrogen (secondary N) is 1. The first-order valence-corrected chi connectivity index (χ1v) is 11.6. The summed E-state index contributed by atoms with van der Waals surface area (Å²) < 4.78 is 5.16. The predicted octanol–water partition coefficient (Wildman–Crippen LogP) is 5.43. The van der Waals surface area contributed by atoms with E-state index in [1.165, 1.54) is 12.1 Å². The molecule has 172 valence electrons. The van der Waals surface area contributed by atoms with Crippen molar-refractivity contribution in [2.24, 2.45) is 0 Å². The van der Waals surface area contributed by atoms with Crippen LogP contribution in [-0.2, 0) is 4.79 Å². The Balaban J connectivity index is 1.40. The monoisotopic (exact) mass is 484 g/mol. The van der Waals surface area contributed by atoms with Gasteiger partial charge >= 0.3 is 5.97 Å². The van der Waals surface area contributed by atoms with Crippen LogP contribution >= 0.6 is 24.0 Å². The number of carbonyl (C=O) groups is 3. The molecule has 2 amide bonds. The van der Waals surface area contributed by atoms with E-state index in [2.05, 4.69) is 5.32 Å². The zero-order chi connectivity index (χ0) is 23.8. The number of carboxylic acid groups (broad SMARTS) is 1. The number of benzene rings is 2. The molecule has 3 rings (SSSR count). The fourth-order valence-electron chi connectivity index (χ4n) is 3.20. The van der Waals surface area contributed by atoms with Crippen LogP contribution in [0.1, 0.15) is 41.6 Å². The number of hydrogen-bond acceptors (Lipinski definition) is 6. The number of hydrogen-bond donors (Lipinski definition) is 2. The first kappa shape index (κ1) is 24.5. The summed E-state index contributed by atoms with van der Waals surface area (Å²) in [4.78, 5) is 38.2. The van der Waals surface area contributed by atoms with Crippen molar-refractivity contribution in [3.8, 4) is 5.75 Å². The van der Waals surface area contributed by atoms with Gasteiger partial charge in [0.2, 0.25) is 5.91 Å². The second kappa shape index (κ2) is 11.6. The van der Waals surface area contributed by atoms with Crippen LogP contribution in [0.4, 0.5) is 10.5 Å². The molecule has 0 saturated carbocycles. The molecular weight excluding hydrogens is 460 g/mol. The second-order valence-electron chi connectivity index (χ2n) is 7.35. The SMILES string of the molecule is COc1ccc(/C=C2\SC(=O)N(CCCCCC(=O)Nc3ccc(C(=O)O)cc3)C2=S)cc1. The van der Waals surface area contributed by atoms with Gasteiger partial charge in [-0.15, -0.1) is 0 Å². The van der Waals surface area contributed by atoms with Crippen LogP contribution in [0, 0.1) is 0 Å². The molecule has 2 aromatic carbocycles. The van der Waals surface area contributed by atoms with Gasteiger partial charge in [-0.2, -0.15) is 0 Å². The van der Waals surface area contributed by atoms with E-state index in [1.807, 2.05) is 30.3 Å². The second-order valence-corrected chi connectivity index (χ2v) is 8.73. The molecule has 0 radical (unpaired) electrons. The van der Waals surface area contributed by atoms with E-state index in [0.717, 1.165) is 40.8 Å². The molecule has 0 spiro atoms. The number of unbranched alkanes of at least 4 members (excludes halogenated alkanes) is 2. The van der Waals surface area contributed by atoms with Crippen molar-refractivity contribution in [1.29, 1.82) is 0 Å². The summed E-state index contributed by atoms with van der Waals surface area (Å²) >= 11 is 6.63. The maximum Gasteiger partial charge on any atom is 0.335 e. The topological polar surface area (TPSA) is 95.9 Å². The number of amides is 2. The van der Waals surface area contributed by atoms with Gasteiger partial charge in [-0.05, 0) is 72.6 Å². The van der Waals surface area contributed by atoms with E-state index < -0.39 is 5.97 Å². The highest BCUT2D eigenvalue weighted by Crippen LogP contribution is 2.33. The highest BCUT2D eigenvalue weighted by atomic mass is 32.2. The maximum absolute atomic E-state index is 12.4. The number of carbonyl (C=O) groups excluding carboxylic acids is 2. The van der Waals surface area contributed by atoms with Gasteiger partial charge in [0.05, 0.1) is 17.6 Å². The Kier molecular flexibility index (Phi) is 8.62. The van der Waals surface area contributed by atoms with Crippen LogP contribution in [-0.4, -0.2) is 45.8 Å². The molecule has 1 aliphatic rings. The van der Waals surface area contributed by atoms with Crippen LogP contribution in [0.5, 0.6) is 5.75 Å². The summed E-state index contributed by atoms with van der Waals surface area (Å²) in [6.07, 6.45) is 4.44. The summed E-state index contributed by atoms with van der Waals surface area (Å²) in [5.74, 6) is -0.377. The number of carboxylic acids is 1. The molecule has 7 nitrogen and oxygen atoms in total. The molecule has 0 bridgehead atoms. The number of methoxy groups -OCH3 is 1. The van der Waals surface area contributed by atoms with Crippen LogP contribution in [0.15, 0.2) is 53.4 Å². The quantitative estimate of drug-likeness (QED) is 0.264. The lowest BCUT2D eigenvalue weighted by molar-refractivity contribution is -0.116. The number of anilines is 1. The van der Waals surface area contributed by atoms with Crippen LogP contribution in [0.2, 0.25) is 0 Å². The fraction of sp³-hybridized carbons (Fsp3) is 0.250. The number of ether oxygens (including phenoxy) is 1. The molecule has 1 saturated heterocycles. The Morgan fingerprint density at radius 1 is 1.09 bits per heavy atom.